The molecule has 2 heterocycles. The molecule has 27 heavy (non-hydrogen) atoms. The molecule has 1 unspecified atom stereocenters. The lowest BCUT2D eigenvalue weighted by atomic mass is 9.93. The van der Waals surface area contributed by atoms with Gasteiger partial charge < -0.3 is 10.1 Å². The first kappa shape index (κ1) is 16.8. The zero-order chi connectivity index (χ0) is 18.4. The molecule has 1 amide bonds. The SMILES string of the molecule is O=C(NCC1Cc2cc(-c3cncnc3)cc(Cl)c2O1)[C@@H]1C[C@H]2C=C[C@@H]1C2. The largest absolute Gasteiger partial charge is 0.486 e. The number of allylic oxidation sites excluding steroid dienone is 2. The Morgan fingerprint density at radius 2 is 2.04 bits per heavy atom. The molecule has 2 aliphatic carbocycles. The number of hydrogen-bond acceptors (Lipinski definition) is 4. The van der Waals surface area contributed by atoms with Crippen LogP contribution in [0.15, 0.2) is 43.0 Å². The molecule has 6 heteroatoms. The Bertz CT molecular complexity index is 915. The summed E-state index contributed by atoms with van der Waals surface area (Å²) in [6.45, 7) is 0.505. The van der Waals surface area contributed by atoms with E-state index >= 15 is 0 Å². The van der Waals surface area contributed by atoms with E-state index in [0.29, 0.717) is 23.4 Å². The molecule has 5 rings (SSSR count). The molecular weight excluding hydrogens is 362 g/mol. The van der Waals surface area contributed by atoms with Crippen LogP contribution in [0.2, 0.25) is 5.02 Å². The van der Waals surface area contributed by atoms with E-state index in [9.17, 15) is 4.79 Å². The van der Waals surface area contributed by atoms with Crippen LogP contribution in [0.25, 0.3) is 11.1 Å². The molecule has 1 fully saturated rings. The Hall–Kier alpha value is -2.40. The minimum Gasteiger partial charge on any atom is -0.486 e. The summed E-state index contributed by atoms with van der Waals surface area (Å²) >= 11 is 6.44. The molecule has 138 valence electrons. The van der Waals surface area contributed by atoms with Gasteiger partial charge in [-0.25, -0.2) is 9.97 Å². The van der Waals surface area contributed by atoms with Gasteiger partial charge in [-0.1, -0.05) is 23.8 Å². The fraction of sp³-hybridized carbons (Fsp3) is 0.381. The summed E-state index contributed by atoms with van der Waals surface area (Å²) in [6.07, 6.45) is 12.2. The van der Waals surface area contributed by atoms with Gasteiger partial charge in [0.25, 0.3) is 0 Å². The van der Waals surface area contributed by atoms with Gasteiger partial charge in [0.2, 0.25) is 5.91 Å². The van der Waals surface area contributed by atoms with Crippen LogP contribution in [0.4, 0.5) is 0 Å². The van der Waals surface area contributed by atoms with Gasteiger partial charge in [-0.2, -0.15) is 0 Å². The van der Waals surface area contributed by atoms with Gasteiger partial charge in [0.1, 0.15) is 18.2 Å². The molecule has 4 atom stereocenters. The molecule has 1 aliphatic heterocycles. The summed E-state index contributed by atoms with van der Waals surface area (Å²) in [6, 6.07) is 3.95. The smallest absolute Gasteiger partial charge is 0.223 e. The van der Waals surface area contributed by atoms with Gasteiger partial charge in [0.15, 0.2) is 0 Å². The van der Waals surface area contributed by atoms with Crippen molar-refractivity contribution in [2.75, 3.05) is 6.54 Å². The molecule has 1 aromatic heterocycles. The fourth-order valence-electron chi connectivity index (χ4n) is 4.54. The third-order valence-corrected chi connectivity index (χ3v) is 6.15. The molecule has 5 nitrogen and oxygen atoms in total. The maximum Gasteiger partial charge on any atom is 0.223 e. The number of nitrogens with one attached hydrogen (secondary N) is 1. The van der Waals surface area contributed by atoms with Crippen molar-refractivity contribution in [3.63, 3.8) is 0 Å². The number of aromatic nitrogens is 2. The lowest BCUT2D eigenvalue weighted by Gasteiger charge is -2.19. The van der Waals surface area contributed by atoms with Crippen molar-refractivity contribution in [2.24, 2.45) is 17.8 Å². The minimum atomic E-state index is -0.0853. The topological polar surface area (TPSA) is 64.1 Å². The van der Waals surface area contributed by atoms with Gasteiger partial charge >= 0.3 is 0 Å². The number of carbonyl (C=O) groups excluding carboxylic acids is 1. The summed E-state index contributed by atoms with van der Waals surface area (Å²) in [5, 5.41) is 3.67. The minimum absolute atomic E-state index is 0.0853. The van der Waals surface area contributed by atoms with Crippen molar-refractivity contribution in [2.45, 2.75) is 25.4 Å². The highest BCUT2D eigenvalue weighted by molar-refractivity contribution is 6.32. The monoisotopic (exact) mass is 381 g/mol. The van der Waals surface area contributed by atoms with Crippen molar-refractivity contribution in [1.29, 1.82) is 0 Å². The summed E-state index contributed by atoms with van der Waals surface area (Å²) in [5.41, 5.74) is 2.95. The van der Waals surface area contributed by atoms with E-state index < -0.39 is 0 Å². The molecule has 2 aromatic rings. The molecule has 1 saturated carbocycles. The molecule has 0 spiro atoms. The number of carbonyl (C=O) groups is 1. The van der Waals surface area contributed by atoms with Crippen LogP contribution in [0.5, 0.6) is 5.75 Å². The number of fused-ring (bicyclic) bond motifs is 3. The number of benzene rings is 1. The highest BCUT2D eigenvalue weighted by Crippen LogP contribution is 2.43. The molecule has 0 saturated heterocycles. The molecule has 2 bridgehead atoms. The number of ether oxygens (including phenoxy) is 1. The lowest BCUT2D eigenvalue weighted by Crippen LogP contribution is -2.39. The Morgan fingerprint density at radius 3 is 2.78 bits per heavy atom. The first-order chi connectivity index (χ1) is 13.2. The first-order valence-electron chi connectivity index (χ1n) is 9.38. The zero-order valence-electron chi connectivity index (χ0n) is 14.8. The fourth-order valence-corrected chi connectivity index (χ4v) is 4.83. The van der Waals surface area contributed by atoms with Crippen molar-refractivity contribution in [3.05, 3.63) is 53.6 Å². The van der Waals surface area contributed by atoms with Crippen LogP contribution < -0.4 is 10.1 Å². The Balaban J connectivity index is 1.25. The molecular formula is C21H20ClN3O2. The van der Waals surface area contributed by atoms with Crippen LogP contribution >= 0.6 is 11.6 Å². The first-order valence-corrected chi connectivity index (χ1v) is 9.75. The van der Waals surface area contributed by atoms with E-state index in [2.05, 4.69) is 33.5 Å². The van der Waals surface area contributed by atoms with Crippen LogP contribution in [0.3, 0.4) is 0 Å². The van der Waals surface area contributed by atoms with Gasteiger partial charge in [-0.3, -0.25) is 4.79 Å². The second-order valence-electron chi connectivity index (χ2n) is 7.65. The molecule has 3 aliphatic rings. The number of halogens is 1. The Morgan fingerprint density at radius 1 is 1.19 bits per heavy atom. The lowest BCUT2D eigenvalue weighted by molar-refractivity contribution is -0.126. The second kappa shape index (κ2) is 6.64. The van der Waals surface area contributed by atoms with Crippen molar-refractivity contribution >= 4 is 17.5 Å². The normalized spacial score (nSPS) is 27.4. The quantitative estimate of drug-likeness (QED) is 0.824. The van der Waals surface area contributed by atoms with Gasteiger partial charge in [0.05, 0.1) is 11.6 Å². The van der Waals surface area contributed by atoms with E-state index in [0.717, 1.165) is 41.7 Å². The highest BCUT2D eigenvalue weighted by atomic mass is 35.5. The van der Waals surface area contributed by atoms with Gasteiger partial charge in [-0.15, -0.1) is 0 Å². The Labute approximate surface area is 162 Å². The number of hydrogen-bond donors (Lipinski definition) is 1. The van der Waals surface area contributed by atoms with Crippen molar-refractivity contribution in [1.82, 2.24) is 15.3 Å². The van der Waals surface area contributed by atoms with Gasteiger partial charge in [0, 0.05) is 35.9 Å². The standard InChI is InChI=1S/C21H20ClN3O2/c22-19-7-14(16-8-23-11-24-9-16)5-15-6-17(27-20(15)19)10-25-21(26)18-4-12-1-2-13(18)3-12/h1-2,5,7-9,11-13,17-18H,3-4,6,10H2,(H,25,26)/t12-,13+,17?,18+/m0/s1. The van der Waals surface area contributed by atoms with E-state index in [4.69, 9.17) is 16.3 Å². The molecule has 0 radical (unpaired) electrons. The summed E-state index contributed by atoms with van der Waals surface area (Å²) in [7, 11) is 0. The van der Waals surface area contributed by atoms with Gasteiger partial charge in [-0.05, 0) is 42.4 Å². The summed E-state index contributed by atoms with van der Waals surface area (Å²) < 4.78 is 6.01. The van der Waals surface area contributed by atoms with E-state index in [1.54, 1.807) is 12.4 Å². The van der Waals surface area contributed by atoms with Crippen LogP contribution in [-0.2, 0) is 11.2 Å². The average molecular weight is 382 g/mol. The van der Waals surface area contributed by atoms with Crippen molar-refractivity contribution < 1.29 is 9.53 Å². The van der Waals surface area contributed by atoms with E-state index in [1.165, 1.54) is 6.33 Å². The van der Waals surface area contributed by atoms with Crippen LogP contribution in [0.1, 0.15) is 18.4 Å². The van der Waals surface area contributed by atoms with Crippen LogP contribution in [-0.4, -0.2) is 28.5 Å². The third kappa shape index (κ3) is 3.10. The number of rotatable bonds is 4. The summed E-state index contributed by atoms with van der Waals surface area (Å²) in [4.78, 5) is 20.7. The maximum absolute atomic E-state index is 12.5. The predicted octanol–water partition coefficient (Wildman–Crippen LogP) is 3.43. The molecule has 1 aromatic carbocycles. The maximum atomic E-state index is 12.5. The molecule has 1 N–H and O–H groups in total. The average Bonchev–Trinajstić information content (AvgIpc) is 3.42. The number of nitrogens with zero attached hydrogens (tertiary/aromatic N) is 2. The van der Waals surface area contributed by atoms with Crippen molar-refractivity contribution in [3.8, 4) is 16.9 Å². The van der Waals surface area contributed by atoms with Crippen LogP contribution in [0, 0.1) is 17.8 Å². The predicted molar refractivity (Wildman–Crippen MR) is 102 cm³/mol. The Kier molecular flexibility index (Phi) is 4.12. The second-order valence-corrected chi connectivity index (χ2v) is 8.06. The van der Waals surface area contributed by atoms with E-state index in [1.807, 2.05) is 6.07 Å². The zero-order valence-corrected chi connectivity index (χ0v) is 15.5. The number of amides is 1. The summed E-state index contributed by atoms with van der Waals surface area (Å²) in [5.74, 6) is 2.01. The third-order valence-electron chi connectivity index (χ3n) is 5.87. The van der Waals surface area contributed by atoms with E-state index in [-0.39, 0.29) is 17.9 Å². The highest BCUT2D eigenvalue weighted by Gasteiger charge is 2.40.